The van der Waals surface area contributed by atoms with E-state index >= 15 is 0 Å². The molecule has 0 aliphatic rings. The van der Waals surface area contributed by atoms with Crippen molar-refractivity contribution < 1.29 is 13.6 Å². The molecule has 0 saturated carbocycles. The number of aromatic nitrogens is 1. The van der Waals surface area contributed by atoms with E-state index in [4.69, 9.17) is 0 Å². The molecule has 2 N–H and O–H groups in total. The fourth-order valence-electron chi connectivity index (χ4n) is 0.985. The standard InChI is InChI=1S/C9H11F2N3O.C2H6/c1-6(15)14-7-3-4-8(13-5-7)9(10,11)12-2;1-2/h3-5,12H,1-2H3,(H,14,15);1-2H3. The summed E-state index contributed by atoms with van der Waals surface area (Å²) in [6.45, 7) is 5.33. The Morgan fingerprint density at radius 3 is 2.29 bits per heavy atom. The second-order valence-electron chi connectivity index (χ2n) is 2.94. The lowest BCUT2D eigenvalue weighted by Gasteiger charge is -2.14. The highest BCUT2D eigenvalue weighted by atomic mass is 19.3. The van der Waals surface area contributed by atoms with Crippen LogP contribution in [-0.2, 0) is 10.8 Å². The van der Waals surface area contributed by atoms with Gasteiger partial charge in [-0.3, -0.25) is 15.1 Å². The van der Waals surface area contributed by atoms with E-state index in [1.807, 2.05) is 19.2 Å². The maximum atomic E-state index is 13.0. The van der Waals surface area contributed by atoms with Crippen molar-refractivity contribution in [1.82, 2.24) is 10.3 Å². The largest absolute Gasteiger partial charge is 0.345 e. The van der Waals surface area contributed by atoms with Gasteiger partial charge in [0.25, 0.3) is 0 Å². The molecule has 0 aromatic carbocycles. The molecule has 1 amide bonds. The number of amides is 1. The van der Waals surface area contributed by atoms with Gasteiger partial charge in [0.1, 0.15) is 5.69 Å². The summed E-state index contributed by atoms with van der Waals surface area (Å²) in [6.07, 6.45) is 1.18. The number of nitrogens with zero attached hydrogens (tertiary/aromatic N) is 1. The van der Waals surface area contributed by atoms with E-state index in [0.717, 1.165) is 13.1 Å². The Morgan fingerprint density at radius 1 is 1.35 bits per heavy atom. The van der Waals surface area contributed by atoms with Crippen molar-refractivity contribution in [2.45, 2.75) is 26.8 Å². The molecule has 96 valence electrons. The summed E-state index contributed by atoms with van der Waals surface area (Å²) in [5.41, 5.74) is -0.00254. The summed E-state index contributed by atoms with van der Waals surface area (Å²) in [4.78, 5) is 14.2. The van der Waals surface area contributed by atoms with Crippen molar-refractivity contribution >= 4 is 11.6 Å². The molecule has 0 aliphatic heterocycles. The molecule has 1 aromatic heterocycles. The van der Waals surface area contributed by atoms with Crippen LogP contribution in [0.4, 0.5) is 14.5 Å². The number of carbonyl (C=O) groups is 1. The molecule has 1 rings (SSSR count). The summed E-state index contributed by atoms with van der Waals surface area (Å²) >= 11 is 0. The second-order valence-corrected chi connectivity index (χ2v) is 2.94. The molecule has 1 heterocycles. The number of carbonyl (C=O) groups excluding carboxylic acids is 1. The first kappa shape index (κ1) is 15.4. The topological polar surface area (TPSA) is 54.0 Å². The van der Waals surface area contributed by atoms with Crippen molar-refractivity contribution in [2.24, 2.45) is 0 Å². The van der Waals surface area contributed by atoms with Gasteiger partial charge in [0.05, 0.1) is 11.9 Å². The first-order chi connectivity index (χ1) is 7.95. The summed E-state index contributed by atoms with van der Waals surface area (Å²) in [5.74, 6) is -0.273. The molecule has 0 bridgehead atoms. The molecule has 17 heavy (non-hydrogen) atoms. The van der Waals surface area contributed by atoms with Crippen LogP contribution in [0.25, 0.3) is 0 Å². The Kier molecular flexibility index (Phi) is 6.27. The van der Waals surface area contributed by atoms with Gasteiger partial charge in [-0.15, -0.1) is 0 Å². The number of rotatable bonds is 3. The maximum Gasteiger partial charge on any atom is 0.345 e. The highest BCUT2D eigenvalue weighted by molar-refractivity contribution is 5.88. The zero-order valence-electron chi connectivity index (χ0n) is 10.3. The smallest absolute Gasteiger partial charge is 0.325 e. The van der Waals surface area contributed by atoms with E-state index in [2.05, 4.69) is 10.3 Å². The van der Waals surface area contributed by atoms with Gasteiger partial charge in [0, 0.05) is 6.92 Å². The maximum absolute atomic E-state index is 13.0. The number of nitrogens with one attached hydrogen (secondary N) is 2. The molecule has 0 atom stereocenters. The number of anilines is 1. The zero-order valence-corrected chi connectivity index (χ0v) is 10.3. The number of halogens is 2. The van der Waals surface area contributed by atoms with E-state index in [-0.39, 0.29) is 11.6 Å². The highest BCUT2D eigenvalue weighted by Crippen LogP contribution is 2.22. The lowest BCUT2D eigenvalue weighted by Crippen LogP contribution is -2.31. The Morgan fingerprint density at radius 2 is 1.94 bits per heavy atom. The Hall–Kier alpha value is -1.56. The van der Waals surface area contributed by atoms with Crippen LogP contribution in [0, 0.1) is 0 Å². The Bertz CT molecular complexity index is 352. The number of hydrogen-bond donors (Lipinski definition) is 2. The van der Waals surface area contributed by atoms with Crippen LogP contribution < -0.4 is 10.6 Å². The average molecular weight is 245 g/mol. The number of alkyl halides is 2. The molecule has 0 radical (unpaired) electrons. The first-order valence-electron chi connectivity index (χ1n) is 5.26. The molecular weight excluding hydrogens is 228 g/mol. The minimum absolute atomic E-state index is 0.273. The van der Waals surface area contributed by atoms with Crippen LogP contribution in [-0.4, -0.2) is 17.9 Å². The predicted molar refractivity (Wildman–Crippen MR) is 62.8 cm³/mol. The quantitative estimate of drug-likeness (QED) is 0.804. The average Bonchev–Trinajstić information content (AvgIpc) is 2.31. The van der Waals surface area contributed by atoms with Crippen molar-refractivity contribution in [1.29, 1.82) is 0 Å². The highest BCUT2D eigenvalue weighted by Gasteiger charge is 2.30. The van der Waals surface area contributed by atoms with Gasteiger partial charge in [0.15, 0.2) is 0 Å². The van der Waals surface area contributed by atoms with Gasteiger partial charge in [0.2, 0.25) is 5.91 Å². The van der Waals surface area contributed by atoms with Crippen LogP contribution in [0.15, 0.2) is 18.3 Å². The fraction of sp³-hybridized carbons (Fsp3) is 0.455. The fourth-order valence-corrected chi connectivity index (χ4v) is 0.985. The third-order valence-corrected chi connectivity index (χ3v) is 1.72. The monoisotopic (exact) mass is 245 g/mol. The normalized spacial score (nSPS) is 10.2. The summed E-state index contributed by atoms with van der Waals surface area (Å²) in [5, 5.41) is 4.27. The number of pyridine rings is 1. The van der Waals surface area contributed by atoms with Gasteiger partial charge < -0.3 is 5.32 Å². The van der Waals surface area contributed by atoms with Crippen LogP contribution >= 0.6 is 0 Å². The minimum atomic E-state index is -3.16. The molecule has 0 fully saturated rings. The molecule has 1 aromatic rings. The molecule has 0 aliphatic carbocycles. The molecule has 6 heteroatoms. The number of hydrogen-bond acceptors (Lipinski definition) is 3. The SMILES string of the molecule is CC.CNC(F)(F)c1ccc(NC(C)=O)cn1. The van der Waals surface area contributed by atoms with Gasteiger partial charge >= 0.3 is 6.05 Å². The molecule has 0 unspecified atom stereocenters. The first-order valence-corrected chi connectivity index (χ1v) is 5.26. The van der Waals surface area contributed by atoms with E-state index in [9.17, 15) is 13.6 Å². The third-order valence-electron chi connectivity index (χ3n) is 1.72. The molecular formula is C11H17F2N3O. The van der Waals surface area contributed by atoms with E-state index in [1.54, 1.807) is 0 Å². The summed E-state index contributed by atoms with van der Waals surface area (Å²) in [7, 11) is 1.14. The summed E-state index contributed by atoms with van der Waals surface area (Å²) in [6, 6.07) is -0.633. The van der Waals surface area contributed by atoms with Crippen molar-refractivity contribution in [3.63, 3.8) is 0 Å². The van der Waals surface area contributed by atoms with Gasteiger partial charge in [-0.05, 0) is 19.2 Å². The van der Waals surface area contributed by atoms with Crippen molar-refractivity contribution in [2.75, 3.05) is 12.4 Å². The molecule has 0 spiro atoms. The summed E-state index contributed by atoms with van der Waals surface area (Å²) < 4.78 is 26.0. The van der Waals surface area contributed by atoms with Gasteiger partial charge in [-0.25, -0.2) is 0 Å². The Balaban J connectivity index is 0.00000121. The van der Waals surface area contributed by atoms with Crippen molar-refractivity contribution in [3.05, 3.63) is 24.0 Å². The van der Waals surface area contributed by atoms with Crippen LogP contribution in [0.2, 0.25) is 0 Å². The predicted octanol–water partition coefficient (Wildman–Crippen LogP) is 2.33. The van der Waals surface area contributed by atoms with Gasteiger partial charge in [-0.2, -0.15) is 8.78 Å². The van der Waals surface area contributed by atoms with Crippen LogP contribution in [0.1, 0.15) is 26.5 Å². The van der Waals surface area contributed by atoms with Gasteiger partial charge in [-0.1, -0.05) is 13.8 Å². The third kappa shape index (κ3) is 4.86. The van der Waals surface area contributed by atoms with Crippen LogP contribution in [0.5, 0.6) is 0 Å². The van der Waals surface area contributed by atoms with E-state index in [1.165, 1.54) is 19.2 Å². The van der Waals surface area contributed by atoms with Crippen LogP contribution in [0.3, 0.4) is 0 Å². The Labute approximate surface area is 99.4 Å². The zero-order chi connectivity index (χ0) is 13.5. The van der Waals surface area contributed by atoms with E-state index in [0.29, 0.717) is 5.69 Å². The van der Waals surface area contributed by atoms with E-state index < -0.39 is 6.05 Å². The van der Waals surface area contributed by atoms with Crippen molar-refractivity contribution in [3.8, 4) is 0 Å². The molecule has 0 saturated heterocycles. The lowest BCUT2D eigenvalue weighted by atomic mass is 10.3. The minimum Gasteiger partial charge on any atom is -0.325 e. The second kappa shape index (κ2) is 6.90. The lowest BCUT2D eigenvalue weighted by molar-refractivity contribution is -0.114. The molecule has 4 nitrogen and oxygen atoms in total.